The molecule has 64 valence electrons. The topological polar surface area (TPSA) is 23.5 Å². The number of benzene rings is 1. The van der Waals surface area contributed by atoms with Crippen LogP contribution in [0.2, 0.25) is 0 Å². The van der Waals surface area contributed by atoms with Crippen molar-refractivity contribution in [3.8, 4) is 5.75 Å². The predicted octanol–water partition coefficient (Wildman–Crippen LogP) is 1.38. The third kappa shape index (κ3) is 1.30. The van der Waals surface area contributed by atoms with Gasteiger partial charge >= 0.3 is 0 Å². The molecule has 0 radical (unpaired) electrons. The van der Waals surface area contributed by atoms with Crippen molar-refractivity contribution in [1.82, 2.24) is 4.90 Å². The molecule has 0 aliphatic carbocycles. The Morgan fingerprint density at radius 2 is 2.17 bits per heavy atom. The quantitative estimate of drug-likeness (QED) is 0.624. The summed E-state index contributed by atoms with van der Waals surface area (Å²) in [7, 11) is 2.10. The molecule has 0 bridgehead atoms. The molecule has 2 rings (SSSR count). The molecule has 1 heterocycles. The fraction of sp³-hybridized carbons (Fsp3) is 0.400. The van der Waals surface area contributed by atoms with E-state index in [9.17, 15) is 5.11 Å². The van der Waals surface area contributed by atoms with Gasteiger partial charge in [0.25, 0.3) is 0 Å². The molecule has 1 aromatic carbocycles. The normalized spacial score (nSPS) is 17.4. The second-order valence-corrected chi connectivity index (χ2v) is 3.44. The molecule has 0 unspecified atom stereocenters. The standard InChI is InChI=1S/C10H13NO/c1-11-5-4-8-2-3-10(12)6-9(8)7-11/h2-3,6,12H,4-5,7H2,1H3. The lowest BCUT2D eigenvalue weighted by Gasteiger charge is -2.24. The van der Waals surface area contributed by atoms with Crippen LogP contribution in [0.15, 0.2) is 18.2 Å². The second-order valence-electron chi connectivity index (χ2n) is 3.44. The van der Waals surface area contributed by atoms with Crippen LogP contribution in [-0.2, 0) is 13.0 Å². The van der Waals surface area contributed by atoms with Crippen molar-refractivity contribution in [1.29, 1.82) is 0 Å². The Morgan fingerprint density at radius 1 is 1.33 bits per heavy atom. The molecule has 0 amide bonds. The van der Waals surface area contributed by atoms with Gasteiger partial charge in [0.15, 0.2) is 0 Å². The Balaban J connectivity index is 2.37. The summed E-state index contributed by atoms with van der Waals surface area (Å²) in [6, 6.07) is 5.66. The number of hydrogen-bond acceptors (Lipinski definition) is 2. The fourth-order valence-electron chi connectivity index (χ4n) is 1.68. The number of phenolic OH excluding ortho intramolecular Hbond substituents is 1. The van der Waals surface area contributed by atoms with Gasteiger partial charge in [-0.05, 0) is 36.7 Å². The van der Waals surface area contributed by atoms with Crippen LogP contribution in [0.1, 0.15) is 11.1 Å². The monoisotopic (exact) mass is 163 g/mol. The number of phenols is 1. The van der Waals surface area contributed by atoms with Crippen molar-refractivity contribution >= 4 is 0 Å². The number of rotatable bonds is 0. The van der Waals surface area contributed by atoms with Gasteiger partial charge in [-0.2, -0.15) is 0 Å². The van der Waals surface area contributed by atoms with Crippen LogP contribution in [0.5, 0.6) is 5.75 Å². The lowest BCUT2D eigenvalue weighted by molar-refractivity contribution is 0.312. The predicted molar refractivity (Wildman–Crippen MR) is 48.1 cm³/mol. The third-order valence-corrected chi connectivity index (χ3v) is 2.39. The molecule has 2 heteroatoms. The summed E-state index contributed by atoms with van der Waals surface area (Å²) in [6.45, 7) is 2.08. The molecule has 1 aromatic rings. The van der Waals surface area contributed by atoms with E-state index in [4.69, 9.17) is 0 Å². The summed E-state index contributed by atoms with van der Waals surface area (Å²) in [6.07, 6.45) is 1.10. The van der Waals surface area contributed by atoms with Crippen LogP contribution in [0.4, 0.5) is 0 Å². The summed E-state index contributed by atoms with van der Waals surface area (Å²) >= 11 is 0. The van der Waals surface area contributed by atoms with Crippen molar-refractivity contribution in [2.75, 3.05) is 13.6 Å². The largest absolute Gasteiger partial charge is 0.508 e. The fourth-order valence-corrected chi connectivity index (χ4v) is 1.68. The molecule has 12 heavy (non-hydrogen) atoms. The van der Waals surface area contributed by atoms with Crippen LogP contribution in [0.3, 0.4) is 0 Å². The Hall–Kier alpha value is -1.02. The van der Waals surface area contributed by atoms with E-state index < -0.39 is 0 Å². The van der Waals surface area contributed by atoms with Crippen LogP contribution < -0.4 is 0 Å². The zero-order valence-corrected chi connectivity index (χ0v) is 7.25. The van der Waals surface area contributed by atoms with Gasteiger partial charge in [-0.15, -0.1) is 0 Å². The maximum absolute atomic E-state index is 9.26. The molecule has 1 aliphatic heterocycles. The summed E-state index contributed by atoms with van der Waals surface area (Å²) in [5.41, 5.74) is 2.65. The Kier molecular flexibility index (Phi) is 1.77. The molecule has 1 N–H and O–H groups in total. The van der Waals surface area contributed by atoms with E-state index in [1.165, 1.54) is 11.1 Å². The number of likely N-dealkylation sites (N-methyl/N-ethyl adjacent to an activating group) is 1. The van der Waals surface area contributed by atoms with E-state index in [1.54, 1.807) is 6.07 Å². The zero-order chi connectivity index (χ0) is 8.55. The van der Waals surface area contributed by atoms with Crippen molar-refractivity contribution in [2.45, 2.75) is 13.0 Å². The van der Waals surface area contributed by atoms with Crippen molar-refractivity contribution in [3.05, 3.63) is 29.3 Å². The van der Waals surface area contributed by atoms with Gasteiger partial charge in [0.1, 0.15) is 5.75 Å². The smallest absolute Gasteiger partial charge is 0.115 e. The first-order valence-corrected chi connectivity index (χ1v) is 4.25. The molecule has 0 saturated heterocycles. The first-order chi connectivity index (χ1) is 5.75. The Labute approximate surface area is 72.4 Å². The van der Waals surface area contributed by atoms with Crippen LogP contribution in [0.25, 0.3) is 0 Å². The highest BCUT2D eigenvalue weighted by atomic mass is 16.3. The lowest BCUT2D eigenvalue weighted by atomic mass is 10.00. The van der Waals surface area contributed by atoms with E-state index in [0.717, 1.165) is 19.5 Å². The number of fused-ring (bicyclic) bond motifs is 1. The van der Waals surface area contributed by atoms with E-state index in [0.29, 0.717) is 5.75 Å². The number of nitrogens with zero attached hydrogens (tertiary/aromatic N) is 1. The maximum Gasteiger partial charge on any atom is 0.115 e. The van der Waals surface area contributed by atoms with Gasteiger partial charge in [-0.1, -0.05) is 6.07 Å². The Morgan fingerprint density at radius 3 is 3.00 bits per heavy atom. The van der Waals surface area contributed by atoms with Gasteiger partial charge in [0, 0.05) is 13.1 Å². The maximum atomic E-state index is 9.26. The van der Waals surface area contributed by atoms with Gasteiger partial charge in [-0.3, -0.25) is 0 Å². The first kappa shape index (κ1) is 7.62. The minimum atomic E-state index is 0.379. The molecule has 0 aromatic heterocycles. The van der Waals surface area contributed by atoms with Gasteiger partial charge < -0.3 is 10.0 Å². The van der Waals surface area contributed by atoms with Gasteiger partial charge in [-0.25, -0.2) is 0 Å². The molecule has 0 fully saturated rings. The van der Waals surface area contributed by atoms with Crippen molar-refractivity contribution in [2.24, 2.45) is 0 Å². The SMILES string of the molecule is CN1CCc2ccc(O)cc2C1. The number of hydrogen-bond donors (Lipinski definition) is 1. The molecule has 0 saturated carbocycles. The highest BCUT2D eigenvalue weighted by Crippen LogP contribution is 2.21. The van der Waals surface area contributed by atoms with E-state index in [2.05, 4.69) is 11.9 Å². The summed E-state index contributed by atoms with van der Waals surface area (Å²) < 4.78 is 0. The minimum absolute atomic E-state index is 0.379. The Bertz CT molecular complexity index is 296. The third-order valence-electron chi connectivity index (χ3n) is 2.39. The van der Waals surface area contributed by atoms with E-state index in [1.807, 2.05) is 12.1 Å². The summed E-state index contributed by atoms with van der Waals surface area (Å²) in [4.78, 5) is 2.27. The molecular formula is C10H13NO. The van der Waals surface area contributed by atoms with Crippen molar-refractivity contribution < 1.29 is 5.11 Å². The van der Waals surface area contributed by atoms with E-state index >= 15 is 0 Å². The molecule has 0 spiro atoms. The average molecular weight is 163 g/mol. The van der Waals surface area contributed by atoms with Gasteiger partial charge in [0.2, 0.25) is 0 Å². The highest BCUT2D eigenvalue weighted by Gasteiger charge is 2.12. The van der Waals surface area contributed by atoms with Gasteiger partial charge in [0.05, 0.1) is 0 Å². The van der Waals surface area contributed by atoms with Crippen LogP contribution >= 0.6 is 0 Å². The zero-order valence-electron chi connectivity index (χ0n) is 7.25. The summed E-state index contributed by atoms with van der Waals surface area (Å²) in [5.74, 6) is 0.379. The molecular weight excluding hydrogens is 150 g/mol. The number of aromatic hydroxyl groups is 1. The van der Waals surface area contributed by atoms with E-state index in [-0.39, 0.29) is 0 Å². The lowest BCUT2D eigenvalue weighted by Crippen LogP contribution is -2.26. The molecule has 0 atom stereocenters. The van der Waals surface area contributed by atoms with Crippen LogP contribution in [-0.4, -0.2) is 23.6 Å². The average Bonchev–Trinajstić information content (AvgIpc) is 2.03. The second kappa shape index (κ2) is 2.79. The first-order valence-electron chi connectivity index (χ1n) is 4.25. The van der Waals surface area contributed by atoms with Crippen molar-refractivity contribution in [3.63, 3.8) is 0 Å². The summed E-state index contributed by atoms with van der Waals surface area (Å²) in [5, 5.41) is 9.26. The van der Waals surface area contributed by atoms with Crippen LogP contribution in [0, 0.1) is 0 Å². The highest BCUT2D eigenvalue weighted by molar-refractivity contribution is 5.36. The molecule has 2 nitrogen and oxygen atoms in total. The minimum Gasteiger partial charge on any atom is -0.508 e. The molecule has 1 aliphatic rings.